The molecule has 0 N–H and O–H groups in total. The molecule has 2 aromatic carbocycles. The van der Waals surface area contributed by atoms with Crippen molar-refractivity contribution in [2.75, 3.05) is 0 Å². The molecular weight excluding hydrogens is 286 g/mol. The largest absolute Gasteiger partial charge is 0.0826 e. The maximum atomic E-state index is 7.93. The van der Waals surface area contributed by atoms with Crippen LogP contribution in [-0.4, -0.2) is 0 Å². The van der Waals surface area contributed by atoms with Crippen LogP contribution in [-0.2, 0) is 0 Å². The second kappa shape index (κ2) is 4.85. The normalized spacial score (nSPS) is 14.9. The summed E-state index contributed by atoms with van der Waals surface area (Å²) in [6.45, 7) is 0. The molecule has 0 atom stereocenters. The minimum absolute atomic E-state index is 0.0211. The van der Waals surface area contributed by atoms with Gasteiger partial charge in [0.15, 0.2) is 0 Å². The maximum Gasteiger partial charge on any atom is 0.0686 e. The monoisotopic (exact) mass is 295 g/mol. The topological polar surface area (TPSA) is 0 Å². The van der Waals surface area contributed by atoms with E-state index >= 15 is 0 Å². The number of halogens is 4. The van der Waals surface area contributed by atoms with E-state index in [9.17, 15) is 0 Å². The molecule has 0 radical (unpaired) electrons. The van der Waals surface area contributed by atoms with Crippen LogP contribution in [0.2, 0.25) is 20.1 Å². The predicted molar refractivity (Wildman–Crippen MR) is 71.9 cm³/mol. The summed E-state index contributed by atoms with van der Waals surface area (Å²) in [5, 5.41) is 0.106. The first-order valence-corrected chi connectivity index (χ1v) is 5.60. The van der Waals surface area contributed by atoms with Crippen molar-refractivity contribution in [1.29, 1.82) is 0 Å². The van der Waals surface area contributed by atoms with Gasteiger partial charge in [-0.25, -0.2) is 0 Å². The molecule has 0 saturated heterocycles. The second-order valence-electron chi connectivity index (χ2n) is 2.84. The van der Waals surface area contributed by atoms with Crippen LogP contribution in [0.4, 0.5) is 0 Å². The summed E-state index contributed by atoms with van der Waals surface area (Å²) < 4.78 is 38.8. The lowest BCUT2D eigenvalue weighted by Gasteiger charge is -2.10. The zero-order valence-electron chi connectivity index (χ0n) is 12.6. The molecule has 16 heavy (non-hydrogen) atoms. The highest BCUT2D eigenvalue weighted by Gasteiger charge is 2.14. The Morgan fingerprint density at radius 1 is 0.812 bits per heavy atom. The fraction of sp³-hybridized carbons (Fsp3) is 0. The summed E-state index contributed by atoms with van der Waals surface area (Å²) >= 11 is 24.0. The Morgan fingerprint density at radius 2 is 1.31 bits per heavy atom. The van der Waals surface area contributed by atoms with Crippen molar-refractivity contribution in [1.82, 2.24) is 0 Å². The molecule has 0 unspecified atom stereocenters. The van der Waals surface area contributed by atoms with Crippen LogP contribution >= 0.6 is 46.4 Å². The van der Waals surface area contributed by atoms with Gasteiger partial charge in [0.2, 0.25) is 0 Å². The zero-order chi connectivity index (χ0) is 16.1. The van der Waals surface area contributed by atoms with Gasteiger partial charge < -0.3 is 0 Å². The Hall–Kier alpha value is -0.400. The van der Waals surface area contributed by atoms with Crippen molar-refractivity contribution in [2.45, 2.75) is 0 Å². The highest BCUT2D eigenvalue weighted by Crippen LogP contribution is 2.42. The summed E-state index contributed by atoms with van der Waals surface area (Å²) in [7, 11) is 0. The van der Waals surface area contributed by atoms with Crippen LogP contribution < -0.4 is 0 Å². The minimum atomic E-state index is -0.505. The molecular formula is C12H6Cl4. The average Bonchev–Trinajstić information content (AvgIpc) is 2.44. The molecule has 0 spiro atoms. The first kappa shape index (κ1) is 7.13. The van der Waals surface area contributed by atoms with Crippen molar-refractivity contribution in [2.24, 2.45) is 0 Å². The van der Waals surface area contributed by atoms with Gasteiger partial charge in [-0.3, -0.25) is 0 Å². The number of hydrogen-bond acceptors (Lipinski definition) is 0. The van der Waals surface area contributed by atoms with E-state index < -0.39 is 30.2 Å². The third-order valence-electron chi connectivity index (χ3n) is 1.86. The van der Waals surface area contributed by atoms with Gasteiger partial charge in [0, 0.05) is 5.56 Å². The highest BCUT2D eigenvalue weighted by molar-refractivity contribution is 6.50. The van der Waals surface area contributed by atoms with Gasteiger partial charge in [0.05, 0.1) is 26.9 Å². The number of benzene rings is 2. The first-order valence-electron chi connectivity index (χ1n) is 6.58. The van der Waals surface area contributed by atoms with E-state index in [-0.39, 0.29) is 31.2 Å². The molecule has 0 bridgehead atoms. The van der Waals surface area contributed by atoms with Gasteiger partial charge in [-0.05, 0) is 11.6 Å². The van der Waals surface area contributed by atoms with E-state index in [1.807, 2.05) is 0 Å². The van der Waals surface area contributed by atoms with Crippen molar-refractivity contribution in [3.63, 3.8) is 0 Å². The molecule has 0 heterocycles. The van der Waals surface area contributed by atoms with E-state index in [0.29, 0.717) is 0 Å². The standard InChI is InChI=1S/C12H6Cl4/c13-8-6-9(14)12(16)10(11(8)15)7-4-2-1-3-5-7/h1-6H/i1D,2D,3D,4D,5D. The van der Waals surface area contributed by atoms with Gasteiger partial charge in [0.1, 0.15) is 0 Å². The molecule has 2 aromatic rings. The molecule has 82 valence electrons. The lowest BCUT2D eigenvalue weighted by atomic mass is 10.1. The quantitative estimate of drug-likeness (QED) is 0.569. The fourth-order valence-electron chi connectivity index (χ4n) is 1.17. The van der Waals surface area contributed by atoms with Crippen molar-refractivity contribution < 1.29 is 6.85 Å². The van der Waals surface area contributed by atoms with Crippen LogP contribution in [0.15, 0.2) is 36.3 Å². The fourth-order valence-corrected chi connectivity index (χ4v) is 2.17. The van der Waals surface area contributed by atoms with E-state index in [1.54, 1.807) is 0 Å². The van der Waals surface area contributed by atoms with Gasteiger partial charge in [-0.2, -0.15) is 0 Å². The molecule has 0 fully saturated rings. The minimum Gasteiger partial charge on any atom is -0.0826 e. The Morgan fingerprint density at radius 3 is 1.81 bits per heavy atom. The van der Waals surface area contributed by atoms with E-state index in [1.165, 1.54) is 6.07 Å². The third-order valence-corrected chi connectivity index (χ3v) is 3.44. The molecule has 0 aliphatic carbocycles. The Balaban J connectivity index is 3.00. The van der Waals surface area contributed by atoms with Crippen molar-refractivity contribution in [3.05, 3.63) is 56.4 Å². The van der Waals surface area contributed by atoms with Gasteiger partial charge in [0.25, 0.3) is 0 Å². The van der Waals surface area contributed by atoms with Crippen molar-refractivity contribution in [3.8, 4) is 11.1 Å². The lowest BCUT2D eigenvalue weighted by Crippen LogP contribution is -1.84. The second-order valence-corrected chi connectivity index (χ2v) is 4.41. The van der Waals surface area contributed by atoms with Crippen LogP contribution in [0.3, 0.4) is 0 Å². The molecule has 0 aromatic heterocycles. The molecule has 0 saturated carbocycles. The van der Waals surface area contributed by atoms with E-state index in [0.717, 1.165) is 0 Å². The van der Waals surface area contributed by atoms with Crippen LogP contribution in [0.1, 0.15) is 6.85 Å². The van der Waals surface area contributed by atoms with Crippen LogP contribution in [0.25, 0.3) is 11.1 Å². The summed E-state index contributed by atoms with van der Waals surface area (Å²) in [6, 6.07) is -1.02. The summed E-state index contributed by atoms with van der Waals surface area (Å²) in [4.78, 5) is 0. The van der Waals surface area contributed by atoms with Gasteiger partial charge in [-0.15, -0.1) is 0 Å². The average molecular weight is 297 g/mol. The molecule has 0 amide bonds. The zero-order valence-corrected chi connectivity index (χ0v) is 10.6. The first-order chi connectivity index (χ1) is 9.68. The lowest BCUT2D eigenvalue weighted by molar-refractivity contribution is 1.61. The Labute approximate surface area is 121 Å². The van der Waals surface area contributed by atoms with Crippen LogP contribution in [0, 0.1) is 0 Å². The molecule has 0 nitrogen and oxygen atoms in total. The highest BCUT2D eigenvalue weighted by atomic mass is 35.5. The van der Waals surface area contributed by atoms with E-state index in [4.69, 9.17) is 53.3 Å². The number of hydrogen-bond donors (Lipinski definition) is 0. The molecule has 2 rings (SSSR count). The maximum absolute atomic E-state index is 7.93. The SMILES string of the molecule is [2H]c1c([2H])c([2H])c(-c2c(Cl)c(Cl)cc(Cl)c2Cl)c([2H])c1[2H]. The van der Waals surface area contributed by atoms with E-state index in [2.05, 4.69) is 0 Å². The molecule has 4 heteroatoms. The van der Waals surface area contributed by atoms with Crippen molar-refractivity contribution >= 4 is 46.4 Å². The Kier molecular flexibility index (Phi) is 2.16. The van der Waals surface area contributed by atoms with Gasteiger partial charge >= 0.3 is 0 Å². The van der Waals surface area contributed by atoms with Gasteiger partial charge in [-0.1, -0.05) is 76.6 Å². The smallest absolute Gasteiger partial charge is 0.0686 e. The molecule has 0 aliphatic heterocycles. The third kappa shape index (κ3) is 2.16. The summed E-state index contributed by atoms with van der Waals surface area (Å²) in [5.74, 6) is 0. The summed E-state index contributed by atoms with van der Waals surface area (Å²) in [6.07, 6.45) is 0. The molecule has 0 aliphatic rings. The number of rotatable bonds is 1. The van der Waals surface area contributed by atoms with Crippen LogP contribution in [0.5, 0.6) is 0 Å². The predicted octanol–water partition coefficient (Wildman–Crippen LogP) is 5.97. The summed E-state index contributed by atoms with van der Waals surface area (Å²) in [5.41, 5.74) is -0.117. The Bertz CT molecular complexity index is 705.